The van der Waals surface area contributed by atoms with Gasteiger partial charge in [-0.2, -0.15) is 5.10 Å². The van der Waals surface area contributed by atoms with Crippen molar-refractivity contribution in [3.05, 3.63) is 17.0 Å². The molecule has 21 heavy (non-hydrogen) atoms. The van der Waals surface area contributed by atoms with E-state index in [0.29, 0.717) is 25.2 Å². The van der Waals surface area contributed by atoms with Crippen LogP contribution in [0.5, 0.6) is 0 Å². The van der Waals surface area contributed by atoms with E-state index in [2.05, 4.69) is 5.10 Å². The Morgan fingerprint density at radius 2 is 2.05 bits per heavy atom. The lowest BCUT2D eigenvalue weighted by Crippen LogP contribution is -2.40. The van der Waals surface area contributed by atoms with E-state index < -0.39 is 5.60 Å². The lowest BCUT2D eigenvalue weighted by molar-refractivity contribution is 0.0223. The molecule has 0 aliphatic carbocycles. The first-order chi connectivity index (χ1) is 9.73. The van der Waals surface area contributed by atoms with Crippen molar-refractivity contribution >= 4 is 12.4 Å². The second kappa shape index (κ2) is 5.50. The number of aromatic nitrogens is 2. The van der Waals surface area contributed by atoms with Crippen LogP contribution in [0.1, 0.15) is 62.4 Å². The van der Waals surface area contributed by atoms with Gasteiger partial charge in [0.15, 0.2) is 6.29 Å². The van der Waals surface area contributed by atoms with Gasteiger partial charge in [0, 0.05) is 24.6 Å². The highest BCUT2D eigenvalue weighted by Crippen LogP contribution is 2.24. The number of nitrogens with zero attached hydrogens (tertiary/aromatic N) is 3. The molecule has 0 saturated heterocycles. The van der Waals surface area contributed by atoms with Crippen molar-refractivity contribution in [3.8, 4) is 0 Å². The summed E-state index contributed by atoms with van der Waals surface area (Å²) >= 11 is 0. The Kier molecular flexibility index (Phi) is 4.07. The fourth-order valence-electron chi connectivity index (χ4n) is 2.42. The van der Waals surface area contributed by atoms with E-state index in [1.165, 1.54) is 0 Å². The third-order valence-electron chi connectivity index (χ3n) is 3.35. The standard InChI is InChI=1S/C15H23N3O3/c1-10(2)18-13(9-19)11-8-17(7-6-12(11)16-18)14(20)21-15(3,4)5/h9-10H,6-8H2,1-5H3. The van der Waals surface area contributed by atoms with Crippen molar-refractivity contribution in [3.63, 3.8) is 0 Å². The van der Waals surface area contributed by atoms with Crippen LogP contribution in [0.2, 0.25) is 0 Å². The van der Waals surface area contributed by atoms with Gasteiger partial charge in [-0.25, -0.2) is 4.79 Å². The normalized spacial score (nSPS) is 15.0. The van der Waals surface area contributed by atoms with Gasteiger partial charge in [0.1, 0.15) is 11.3 Å². The molecule has 0 N–H and O–H groups in total. The number of carbonyl (C=O) groups is 2. The van der Waals surface area contributed by atoms with E-state index in [9.17, 15) is 9.59 Å². The van der Waals surface area contributed by atoms with Crippen molar-refractivity contribution in [2.24, 2.45) is 0 Å². The molecule has 1 aliphatic heterocycles. The maximum absolute atomic E-state index is 12.2. The molecule has 0 radical (unpaired) electrons. The molecule has 0 unspecified atom stereocenters. The first-order valence-electron chi connectivity index (χ1n) is 7.26. The summed E-state index contributed by atoms with van der Waals surface area (Å²) in [5, 5.41) is 4.50. The molecule has 1 aliphatic rings. The minimum atomic E-state index is -0.521. The van der Waals surface area contributed by atoms with Crippen LogP contribution in [0.4, 0.5) is 4.79 Å². The molecule has 0 saturated carbocycles. The topological polar surface area (TPSA) is 64.4 Å². The summed E-state index contributed by atoms with van der Waals surface area (Å²) in [6.45, 7) is 10.4. The number of hydrogen-bond donors (Lipinski definition) is 0. The fraction of sp³-hybridized carbons (Fsp3) is 0.667. The van der Waals surface area contributed by atoms with Gasteiger partial charge in [-0.3, -0.25) is 9.48 Å². The van der Waals surface area contributed by atoms with Crippen LogP contribution < -0.4 is 0 Å². The Hall–Kier alpha value is -1.85. The summed E-state index contributed by atoms with van der Waals surface area (Å²) in [5.41, 5.74) is 1.79. The Bertz CT molecular complexity index is 555. The number of ether oxygens (including phenoxy) is 1. The quantitative estimate of drug-likeness (QED) is 0.786. The summed E-state index contributed by atoms with van der Waals surface area (Å²) in [4.78, 5) is 25.2. The van der Waals surface area contributed by atoms with Crippen molar-refractivity contribution in [1.29, 1.82) is 0 Å². The molecule has 0 bridgehead atoms. The minimum Gasteiger partial charge on any atom is -0.444 e. The first-order valence-corrected chi connectivity index (χ1v) is 7.26. The Morgan fingerprint density at radius 3 is 2.57 bits per heavy atom. The van der Waals surface area contributed by atoms with E-state index in [0.717, 1.165) is 17.5 Å². The highest BCUT2D eigenvalue weighted by atomic mass is 16.6. The smallest absolute Gasteiger partial charge is 0.410 e. The van der Waals surface area contributed by atoms with Crippen LogP contribution in [0, 0.1) is 0 Å². The van der Waals surface area contributed by atoms with Gasteiger partial charge >= 0.3 is 6.09 Å². The molecular formula is C15H23N3O3. The van der Waals surface area contributed by atoms with E-state index in [1.807, 2.05) is 34.6 Å². The number of hydrogen-bond acceptors (Lipinski definition) is 4. The average Bonchev–Trinajstić information content (AvgIpc) is 2.74. The summed E-state index contributed by atoms with van der Waals surface area (Å²) in [7, 11) is 0. The van der Waals surface area contributed by atoms with Gasteiger partial charge in [-0.05, 0) is 34.6 Å². The van der Waals surface area contributed by atoms with Crippen LogP contribution in [-0.2, 0) is 17.7 Å². The van der Waals surface area contributed by atoms with Gasteiger partial charge < -0.3 is 9.64 Å². The average molecular weight is 293 g/mol. The van der Waals surface area contributed by atoms with Gasteiger partial charge in [-0.15, -0.1) is 0 Å². The highest BCUT2D eigenvalue weighted by Gasteiger charge is 2.30. The zero-order valence-corrected chi connectivity index (χ0v) is 13.3. The van der Waals surface area contributed by atoms with E-state index in [4.69, 9.17) is 4.74 Å². The summed E-state index contributed by atoms with van der Waals surface area (Å²) in [6.07, 6.45) is 1.13. The zero-order chi connectivity index (χ0) is 15.8. The molecule has 0 aromatic carbocycles. The predicted octanol–water partition coefficient (Wildman–Crippen LogP) is 2.57. The number of rotatable bonds is 2. The second-order valence-corrected chi connectivity index (χ2v) is 6.62. The number of amides is 1. The second-order valence-electron chi connectivity index (χ2n) is 6.62. The largest absolute Gasteiger partial charge is 0.444 e. The van der Waals surface area contributed by atoms with Gasteiger partial charge in [-0.1, -0.05) is 0 Å². The Morgan fingerprint density at radius 1 is 1.38 bits per heavy atom. The third-order valence-corrected chi connectivity index (χ3v) is 3.35. The predicted molar refractivity (Wildman–Crippen MR) is 78.3 cm³/mol. The molecule has 1 aromatic heterocycles. The van der Waals surface area contributed by atoms with Crippen LogP contribution in [0.15, 0.2) is 0 Å². The minimum absolute atomic E-state index is 0.116. The van der Waals surface area contributed by atoms with Crippen molar-refractivity contribution in [2.45, 2.75) is 59.2 Å². The first kappa shape index (κ1) is 15.5. The molecule has 2 heterocycles. The van der Waals surface area contributed by atoms with Crippen molar-refractivity contribution < 1.29 is 14.3 Å². The lowest BCUT2D eigenvalue weighted by Gasteiger charge is -2.29. The SMILES string of the molecule is CC(C)n1nc2c(c1C=O)CN(C(=O)OC(C)(C)C)CC2. The van der Waals surface area contributed by atoms with E-state index >= 15 is 0 Å². The van der Waals surface area contributed by atoms with E-state index in [1.54, 1.807) is 9.58 Å². The summed E-state index contributed by atoms with van der Waals surface area (Å²) < 4.78 is 7.12. The van der Waals surface area contributed by atoms with Crippen LogP contribution >= 0.6 is 0 Å². The molecule has 0 fully saturated rings. The zero-order valence-electron chi connectivity index (χ0n) is 13.3. The molecule has 6 heteroatoms. The summed E-state index contributed by atoms with van der Waals surface area (Å²) in [6, 6.07) is 0.116. The van der Waals surface area contributed by atoms with Gasteiger partial charge in [0.2, 0.25) is 0 Å². The van der Waals surface area contributed by atoms with Crippen molar-refractivity contribution in [1.82, 2.24) is 14.7 Å². The third kappa shape index (κ3) is 3.25. The number of carbonyl (C=O) groups excluding carboxylic acids is 2. The Balaban J connectivity index is 2.24. The summed E-state index contributed by atoms with van der Waals surface area (Å²) in [5.74, 6) is 0. The molecule has 0 atom stereocenters. The maximum atomic E-state index is 12.2. The van der Waals surface area contributed by atoms with Crippen LogP contribution in [0.3, 0.4) is 0 Å². The molecule has 116 valence electrons. The molecule has 1 amide bonds. The molecular weight excluding hydrogens is 270 g/mol. The lowest BCUT2D eigenvalue weighted by atomic mass is 10.1. The molecule has 0 spiro atoms. The van der Waals surface area contributed by atoms with Crippen molar-refractivity contribution in [2.75, 3.05) is 6.54 Å². The van der Waals surface area contributed by atoms with Crippen LogP contribution in [0.25, 0.3) is 0 Å². The van der Waals surface area contributed by atoms with Crippen LogP contribution in [-0.4, -0.2) is 39.2 Å². The molecule has 2 rings (SSSR count). The van der Waals surface area contributed by atoms with Gasteiger partial charge in [0.25, 0.3) is 0 Å². The Labute approximate surface area is 125 Å². The number of fused-ring (bicyclic) bond motifs is 1. The van der Waals surface area contributed by atoms with Gasteiger partial charge in [0.05, 0.1) is 12.2 Å². The fourth-order valence-corrected chi connectivity index (χ4v) is 2.42. The maximum Gasteiger partial charge on any atom is 0.410 e. The van der Waals surface area contributed by atoms with E-state index in [-0.39, 0.29) is 12.1 Å². The monoisotopic (exact) mass is 293 g/mol. The number of aldehydes is 1. The molecule has 1 aromatic rings. The molecule has 6 nitrogen and oxygen atoms in total. The highest BCUT2D eigenvalue weighted by molar-refractivity contribution is 5.76.